The smallest absolute Gasteiger partial charge is 0.333 e. The van der Waals surface area contributed by atoms with Crippen molar-refractivity contribution in [3.05, 3.63) is 29.7 Å². The van der Waals surface area contributed by atoms with Gasteiger partial charge in [0.1, 0.15) is 5.52 Å². The van der Waals surface area contributed by atoms with Gasteiger partial charge in [-0.25, -0.2) is 9.78 Å². The van der Waals surface area contributed by atoms with Crippen molar-refractivity contribution in [3.63, 3.8) is 0 Å². The van der Waals surface area contributed by atoms with Crippen LogP contribution in [0, 0.1) is 6.92 Å². The maximum atomic E-state index is 11.4. The van der Waals surface area contributed by atoms with Crippen molar-refractivity contribution in [2.45, 2.75) is 19.2 Å². The van der Waals surface area contributed by atoms with Gasteiger partial charge in [-0.3, -0.25) is 0 Å². The number of aromatic nitrogens is 1. The van der Waals surface area contributed by atoms with Crippen molar-refractivity contribution in [2.75, 3.05) is 6.61 Å². The topological polar surface area (TPSA) is 52.3 Å². The van der Waals surface area contributed by atoms with Crippen LogP contribution in [0.25, 0.3) is 11.1 Å². The molecular weight excluding hydrogens is 242 g/mol. The van der Waals surface area contributed by atoms with Gasteiger partial charge in [0, 0.05) is 0 Å². The molecule has 90 valence electrons. The molecule has 1 aromatic carbocycles. The lowest BCUT2D eigenvalue weighted by atomic mass is 10.2. The number of hydrogen-bond acceptors (Lipinski definition) is 4. The van der Waals surface area contributed by atoms with Gasteiger partial charge >= 0.3 is 5.97 Å². The minimum atomic E-state index is -0.998. The van der Waals surface area contributed by atoms with Gasteiger partial charge in [-0.1, -0.05) is 17.7 Å². The molecule has 1 unspecified atom stereocenters. The van der Waals surface area contributed by atoms with Crippen LogP contribution in [-0.2, 0) is 9.53 Å². The number of oxazole rings is 1. The lowest BCUT2D eigenvalue weighted by Gasteiger charge is -2.03. The van der Waals surface area contributed by atoms with E-state index < -0.39 is 11.3 Å². The number of benzene rings is 1. The average Bonchev–Trinajstić information content (AvgIpc) is 2.71. The van der Waals surface area contributed by atoms with Crippen molar-refractivity contribution in [3.8, 4) is 0 Å². The second-order valence-electron chi connectivity index (χ2n) is 3.64. The fourth-order valence-electron chi connectivity index (χ4n) is 1.47. The highest BCUT2D eigenvalue weighted by Crippen LogP contribution is 2.26. The Balaban J connectivity index is 2.33. The van der Waals surface area contributed by atoms with Crippen LogP contribution in [0.5, 0.6) is 0 Å². The zero-order valence-electron chi connectivity index (χ0n) is 9.57. The van der Waals surface area contributed by atoms with Gasteiger partial charge in [-0.15, -0.1) is 0 Å². The zero-order chi connectivity index (χ0) is 12.4. The molecule has 0 saturated heterocycles. The highest BCUT2D eigenvalue weighted by molar-refractivity contribution is 6.29. The Hall–Kier alpha value is -1.55. The number of carbonyl (C=O) groups excluding carboxylic acids is 1. The van der Waals surface area contributed by atoms with Gasteiger partial charge in [0.15, 0.2) is 5.58 Å². The first kappa shape index (κ1) is 11.9. The van der Waals surface area contributed by atoms with E-state index in [-0.39, 0.29) is 12.5 Å². The van der Waals surface area contributed by atoms with E-state index >= 15 is 0 Å². The minimum absolute atomic E-state index is 0.172. The fourth-order valence-corrected chi connectivity index (χ4v) is 1.63. The van der Waals surface area contributed by atoms with E-state index in [0.717, 1.165) is 5.56 Å². The number of hydrogen-bond donors (Lipinski definition) is 0. The number of fused-ring (bicyclic) bond motifs is 1. The first-order valence-corrected chi connectivity index (χ1v) is 5.73. The van der Waals surface area contributed by atoms with E-state index in [9.17, 15) is 4.79 Å². The second kappa shape index (κ2) is 4.75. The van der Waals surface area contributed by atoms with Gasteiger partial charge in [-0.05, 0) is 31.5 Å². The zero-order valence-corrected chi connectivity index (χ0v) is 10.3. The van der Waals surface area contributed by atoms with Crippen molar-refractivity contribution in [2.24, 2.45) is 0 Å². The molecule has 2 aromatic rings. The summed E-state index contributed by atoms with van der Waals surface area (Å²) in [5.74, 6) is -0.372. The number of aryl methyl sites for hydroxylation is 1. The molecule has 0 aliphatic heterocycles. The Bertz CT molecular complexity index is 550. The molecule has 4 nitrogen and oxygen atoms in total. The van der Waals surface area contributed by atoms with Gasteiger partial charge in [0.05, 0.1) is 6.61 Å². The minimum Gasteiger partial charge on any atom is -0.464 e. The standard InChI is InChI=1S/C12H12ClNO3/c1-3-16-12(15)10(13)11-14-8-5-4-7(2)6-9(8)17-11/h4-6,10H,3H2,1-2H3. The van der Waals surface area contributed by atoms with Crippen LogP contribution in [0.3, 0.4) is 0 Å². The summed E-state index contributed by atoms with van der Waals surface area (Å²) >= 11 is 5.92. The lowest BCUT2D eigenvalue weighted by molar-refractivity contribution is -0.143. The Morgan fingerprint density at radius 2 is 2.35 bits per heavy atom. The van der Waals surface area contributed by atoms with Crippen molar-refractivity contribution >= 4 is 28.7 Å². The highest BCUT2D eigenvalue weighted by Gasteiger charge is 2.24. The molecule has 1 heterocycles. The van der Waals surface area contributed by atoms with Crippen LogP contribution in [-0.4, -0.2) is 17.6 Å². The third-order valence-electron chi connectivity index (χ3n) is 2.27. The molecule has 0 saturated carbocycles. The highest BCUT2D eigenvalue weighted by atomic mass is 35.5. The Kier molecular flexibility index (Phi) is 3.33. The maximum absolute atomic E-state index is 11.4. The van der Waals surface area contributed by atoms with Crippen molar-refractivity contribution in [1.29, 1.82) is 0 Å². The average molecular weight is 254 g/mol. The van der Waals surface area contributed by atoms with Crippen molar-refractivity contribution < 1.29 is 13.9 Å². The molecular formula is C12H12ClNO3. The fraction of sp³-hybridized carbons (Fsp3) is 0.333. The van der Waals surface area contributed by atoms with E-state index in [1.807, 2.05) is 25.1 Å². The first-order valence-electron chi connectivity index (χ1n) is 5.29. The molecule has 0 bridgehead atoms. The summed E-state index contributed by atoms with van der Waals surface area (Å²) in [6, 6.07) is 5.59. The Morgan fingerprint density at radius 1 is 1.59 bits per heavy atom. The van der Waals surface area contributed by atoms with Gasteiger partial charge in [-0.2, -0.15) is 0 Å². The van der Waals surface area contributed by atoms with E-state index in [2.05, 4.69) is 4.98 Å². The molecule has 1 aromatic heterocycles. The van der Waals surface area contributed by atoms with E-state index in [1.54, 1.807) is 6.92 Å². The third kappa shape index (κ3) is 2.42. The van der Waals surface area contributed by atoms with Gasteiger partial charge in [0.25, 0.3) is 0 Å². The summed E-state index contributed by atoms with van der Waals surface area (Å²) < 4.78 is 10.2. The molecule has 0 aliphatic rings. The van der Waals surface area contributed by atoms with E-state index in [1.165, 1.54) is 0 Å². The number of esters is 1. The van der Waals surface area contributed by atoms with Crippen LogP contribution in [0.15, 0.2) is 22.6 Å². The second-order valence-corrected chi connectivity index (χ2v) is 4.07. The molecule has 0 aliphatic carbocycles. The Morgan fingerprint density at radius 3 is 3.06 bits per heavy atom. The van der Waals surface area contributed by atoms with Gasteiger partial charge < -0.3 is 9.15 Å². The molecule has 0 N–H and O–H groups in total. The number of ether oxygens (including phenoxy) is 1. The van der Waals surface area contributed by atoms with E-state index in [0.29, 0.717) is 11.1 Å². The quantitative estimate of drug-likeness (QED) is 0.623. The predicted molar refractivity (Wildman–Crippen MR) is 64.0 cm³/mol. The molecule has 0 amide bonds. The SMILES string of the molecule is CCOC(=O)C(Cl)c1nc2ccc(C)cc2o1. The summed E-state index contributed by atoms with van der Waals surface area (Å²) in [7, 11) is 0. The van der Waals surface area contributed by atoms with Crippen molar-refractivity contribution in [1.82, 2.24) is 4.98 Å². The normalized spacial score (nSPS) is 12.6. The summed E-state index contributed by atoms with van der Waals surface area (Å²) in [6.45, 7) is 3.95. The number of alkyl halides is 1. The molecule has 1 atom stereocenters. The van der Waals surface area contributed by atoms with Crippen LogP contribution in [0.4, 0.5) is 0 Å². The van der Waals surface area contributed by atoms with Crippen LogP contribution in [0.2, 0.25) is 0 Å². The van der Waals surface area contributed by atoms with Crippen LogP contribution in [0.1, 0.15) is 23.8 Å². The molecule has 0 spiro atoms. The van der Waals surface area contributed by atoms with Crippen LogP contribution < -0.4 is 0 Å². The van der Waals surface area contributed by atoms with Crippen LogP contribution >= 0.6 is 11.6 Å². The number of nitrogens with zero attached hydrogens (tertiary/aromatic N) is 1. The third-order valence-corrected chi connectivity index (χ3v) is 2.64. The summed E-state index contributed by atoms with van der Waals surface area (Å²) in [6.07, 6.45) is 0. The lowest BCUT2D eigenvalue weighted by Crippen LogP contribution is -2.11. The molecule has 0 radical (unpaired) electrons. The monoisotopic (exact) mass is 253 g/mol. The summed E-state index contributed by atoms with van der Waals surface area (Å²) in [5.41, 5.74) is 2.36. The van der Waals surface area contributed by atoms with E-state index in [4.69, 9.17) is 20.8 Å². The largest absolute Gasteiger partial charge is 0.464 e. The maximum Gasteiger partial charge on any atom is 0.333 e. The number of rotatable bonds is 3. The predicted octanol–water partition coefficient (Wildman–Crippen LogP) is 2.98. The number of carbonyl (C=O) groups is 1. The Labute approximate surface area is 104 Å². The first-order chi connectivity index (χ1) is 8.11. The summed E-state index contributed by atoms with van der Waals surface area (Å²) in [5, 5.41) is -0.998. The molecule has 17 heavy (non-hydrogen) atoms. The number of halogens is 1. The summed E-state index contributed by atoms with van der Waals surface area (Å²) in [4.78, 5) is 15.6. The molecule has 5 heteroatoms. The molecule has 0 fully saturated rings. The molecule has 2 rings (SSSR count). The van der Waals surface area contributed by atoms with Gasteiger partial charge in [0.2, 0.25) is 11.3 Å².